The molecule has 1 aromatic rings. The normalized spacial score (nSPS) is 24.3. The monoisotopic (exact) mass is 331 g/mol. The Bertz CT molecular complexity index is 576. The van der Waals surface area contributed by atoms with Gasteiger partial charge in [-0.1, -0.05) is 0 Å². The zero-order valence-electron chi connectivity index (χ0n) is 14.4. The number of amides is 2. The van der Waals surface area contributed by atoms with Crippen LogP contribution in [-0.4, -0.2) is 83.3 Å². The van der Waals surface area contributed by atoms with E-state index in [0.29, 0.717) is 23.9 Å². The summed E-state index contributed by atoms with van der Waals surface area (Å²) in [5.41, 5.74) is 0.562. The first-order chi connectivity index (χ1) is 11.5. The van der Waals surface area contributed by atoms with Gasteiger partial charge in [0.05, 0.1) is 12.1 Å². The lowest BCUT2D eigenvalue weighted by Gasteiger charge is -2.23. The number of carbonyl (C=O) groups excluding carboxylic acids is 2. The van der Waals surface area contributed by atoms with Gasteiger partial charge >= 0.3 is 0 Å². The predicted octanol–water partition coefficient (Wildman–Crippen LogP) is 0.349. The molecule has 24 heavy (non-hydrogen) atoms. The number of likely N-dealkylation sites (tertiary alicyclic amines) is 2. The summed E-state index contributed by atoms with van der Waals surface area (Å²) in [5, 5.41) is 0. The second-order valence-corrected chi connectivity index (χ2v) is 7.00. The molecule has 0 bridgehead atoms. The maximum atomic E-state index is 12.5. The first kappa shape index (κ1) is 16.8. The fraction of sp³-hybridized carbons (Fsp3) is 0.647. The van der Waals surface area contributed by atoms with E-state index in [1.807, 2.05) is 4.90 Å². The maximum Gasteiger partial charge on any atom is 0.257 e. The van der Waals surface area contributed by atoms with Gasteiger partial charge < -0.3 is 9.80 Å². The number of nitrogens with zero attached hydrogens (tertiary/aromatic N) is 5. The number of aromatic nitrogens is 2. The van der Waals surface area contributed by atoms with E-state index < -0.39 is 0 Å². The summed E-state index contributed by atoms with van der Waals surface area (Å²) in [7, 11) is 3.59. The van der Waals surface area contributed by atoms with Crippen molar-refractivity contribution in [3.8, 4) is 0 Å². The van der Waals surface area contributed by atoms with Gasteiger partial charge in [-0.25, -0.2) is 9.97 Å². The lowest BCUT2D eigenvalue weighted by molar-refractivity contribution is -0.129. The molecular weight excluding hydrogens is 306 g/mol. The Hall–Kier alpha value is -2.02. The molecule has 3 heterocycles. The highest BCUT2D eigenvalue weighted by Gasteiger charge is 2.37. The van der Waals surface area contributed by atoms with Crippen LogP contribution in [0.1, 0.15) is 23.2 Å². The fourth-order valence-corrected chi connectivity index (χ4v) is 3.65. The van der Waals surface area contributed by atoms with Crippen LogP contribution in [0.15, 0.2) is 18.7 Å². The molecule has 130 valence electrons. The van der Waals surface area contributed by atoms with E-state index >= 15 is 0 Å². The van der Waals surface area contributed by atoms with Crippen molar-refractivity contribution >= 4 is 11.8 Å². The molecule has 0 saturated carbocycles. The van der Waals surface area contributed by atoms with Crippen LogP contribution in [0.4, 0.5) is 0 Å². The van der Waals surface area contributed by atoms with E-state index in [2.05, 4.69) is 14.9 Å². The van der Waals surface area contributed by atoms with Crippen LogP contribution in [0.3, 0.4) is 0 Å². The predicted molar refractivity (Wildman–Crippen MR) is 89.3 cm³/mol. The van der Waals surface area contributed by atoms with Crippen LogP contribution in [0.5, 0.6) is 0 Å². The van der Waals surface area contributed by atoms with Crippen molar-refractivity contribution in [1.82, 2.24) is 24.7 Å². The van der Waals surface area contributed by atoms with Crippen LogP contribution in [0.2, 0.25) is 0 Å². The molecule has 0 N–H and O–H groups in total. The third kappa shape index (κ3) is 3.72. The van der Waals surface area contributed by atoms with E-state index in [4.69, 9.17) is 0 Å². The molecule has 0 aromatic carbocycles. The molecule has 7 nitrogen and oxygen atoms in total. The van der Waals surface area contributed by atoms with E-state index in [1.165, 1.54) is 6.33 Å². The van der Waals surface area contributed by atoms with Gasteiger partial charge in [0.25, 0.3) is 5.91 Å². The molecule has 2 saturated heterocycles. The average Bonchev–Trinajstić information content (AvgIpc) is 2.91. The first-order valence-corrected chi connectivity index (χ1v) is 8.51. The molecule has 2 aliphatic rings. The largest absolute Gasteiger partial charge is 0.348 e. The summed E-state index contributed by atoms with van der Waals surface area (Å²) in [4.78, 5) is 38.1. The van der Waals surface area contributed by atoms with Crippen molar-refractivity contribution in [2.45, 2.75) is 12.8 Å². The van der Waals surface area contributed by atoms with Crippen molar-refractivity contribution in [1.29, 1.82) is 0 Å². The highest BCUT2D eigenvalue weighted by atomic mass is 16.2. The lowest BCUT2D eigenvalue weighted by atomic mass is 9.92. The second kappa shape index (κ2) is 7.25. The number of likely N-dealkylation sites (N-methyl/N-ethyl adjacent to an activating group) is 1. The van der Waals surface area contributed by atoms with E-state index in [1.54, 1.807) is 31.4 Å². The molecule has 0 aliphatic carbocycles. The van der Waals surface area contributed by atoms with E-state index in [9.17, 15) is 9.59 Å². The topological polar surface area (TPSA) is 69.6 Å². The van der Waals surface area contributed by atoms with Crippen LogP contribution in [0.25, 0.3) is 0 Å². The van der Waals surface area contributed by atoms with Gasteiger partial charge in [-0.15, -0.1) is 0 Å². The Labute approximate surface area is 142 Å². The van der Waals surface area contributed by atoms with Gasteiger partial charge in [0.15, 0.2) is 0 Å². The quantitative estimate of drug-likeness (QED) is 0.799. The van der Waals surface area contributed by atoms with Crippen molar-refractivity contribution in [3.63, 3.8) is 0 Å². The number of hydrogen-bond acceptors (Lipinski definition) is 5. The smallest absolute Gasteiger partial charge is 0.257 e. The Kier molecular flexibility index (Phi) is 5.08. The van der Waals surface area contributed by atoms with Gasteiger partial charge in [-0.3, -0.25) is 14.5 Å². The standard InChI is InChI=1S/C17H25N5O2/c1-20(2)16(23)11-21-5-3-13-9-22(10-14(13)4-6-21)17(24)15-7-18-12-19-8-15/h7-8,12-14H,3-6,9-11H2,1-2H3/t13-,14+. The number of fused-ring (bicyclic) bond motifs is 1. The summed E-state index contributed by atoms with van der Waals surface area (Å²) < 4.78 is 0. The molecular formula is C17H25N5O2. The Morgan fingerprint density at radius 2 is 1.71 bits per heavy atom. The minimum atomic E-state index is 0.0308. The molecule has 0 unspecified atom stereocenters. The summed E-state index contributed by atoms with van der Waals surface area (Å²) in [6.07, 6.45) is 6.69. The summed E-state index contributed by atoms with van der Waals surface area (Å²) >= 11 is 0. The zero-order chi connectivity index (χ0) is 17.1. The lowest BCUT2D eigenvalue weighted by Crippen LogP contribution is -2.37. The van der Waals surface area contributed by atoms with Crippen molar-refractivity contribution in [3.05, 3.63) is 24.3 Å². The minimum Gasteiger partial charge on any atom is -0.348 e. The van der Waals surface area contributed by atoms with Crippen LogP contribution in [0, 0.1) is 11.8 Å². The molecule has 7 heteroatoms. The molecule has 2 atom stereocenters. The SMILES string of the molecule is CN(C)C(=O)CN1CC[C@@H]2CN(C(=O)c3cncnc3)C[C@@H]2CC1. The molecule has 3 rings (SSSR count). The zero-order valence-corrected chi connectivity index (χ0v) is 14.4. The van der Waals surface area contributed by atoms with Gasteiger partial charge in [0.2, 0.25) is 5.91 Å². The second-order valence-electron chi connectivity index (χ2n) is 7.00. The molecule has 2 aliphatic heterocycles. The Morgan fingerprint density at radius 1 is 1.12 bits per heavy atom. The average molecular weight is 331 g/mol. The van der Waals surface area contributed by atoms with Gasteiger partial charge in [-0.05, 0) is 37.8 Å². The first-order valence-electron chi connectivity index (χ1n) is 8.51. The molecule has 0 spiro atoms. The number of hydrogen-bond donors (Lipinski definition) is 0. The van der Waals surface area contributed by atoms with Crippen molar-refractivity contribution in [2.75, 3.05) is 46.8 Å². The summed E-state index contributed by atoms with van der Waals surface area (Å²) in [5.74, 6) is 1.24. The molecule has 2 fully saturated rings. The van der Waals surface area contributed by atoms with Crippen molar-refractivity contribution in [2.24, 2.45) is 11.8 Å². The fourth-order valence-electron chi connectivity index (χ4n) is 3.65. The summed E-state index contributed by atoms with van der Waals surface area (Å²) in [6.45, 7) is 3.95. The van der Waals surface area contributed by atoms with Crippen LogP contribution < -0.4 is 0 Å². The molecule has 1 aromatic heterocycles. The third-order valence-corrected chi connectivity index (χ3v) is 5.16. The van der Waals surface area contributed by atoms with Gasteiger partial charge in [-0.2, -0.15) is 0 Å². The number of rotatable bonds is 3. The van der Waals surface area contributed by atoms with Gasteiger partial charge in [0.1, 0.15) is 6.33 Å². The maximum absolute atomic E-state index is 12.5. The Balaban J connectivity index is 1.56. The van der Waals surface area contributed by atoms with Gasteiger partial charge in [0, 0.05) is 39.6 Å². The third-order valence-electron chi connectivity index (χ3n) is 5.16. The van der Waals surface area contributed by atoms with Crippen LogP contribution >= 0.6 is 0 Å². The highest BCUT2D eigenvalue weighted by Crippen LogP contribution is 2.32. The van der Waals surface area contributed by atoms with Crippen molar-refractivity contribution < 1.29 is 9.59 Å². The number of carbonyl (C=O) groups is 2. The van der Waals surface area contributed by atoms with E-state index in [-0.39, 0.29) is 11.8 Å². The molecule has 0 radical (unpaired) electrons. The molecule has 2 amide bonds. The minimum absolute atomic E-state index is 0.0308. The highest BCUT2D eigenvalue weighted by molar-refractivity contribution is 5.93. The van der Waals surface area contributed by atoms with E-state index in [0.717, 1.165) is 39.0 Å². The summed E-state index contributed by atoms with van der Waals surface area (Å²) in [6, 6.07) is 0. The Morgan fingerprint density at radius 3 is 2.25 bits per heavy atom. The van der Waals surface area contributed by atoms with Crippen LogP contribution in [-0.2, 0) is 4.79 Å².